The average Bonchev–Trinajstić information content (AvgIpc) is 2.91. The smallest absolute Gasteiger partial charge is 0.227 e. The molecule has 1 amide bonds. The Bertz CT molecular complexity index is 427. The number of nitrogens with two attached hydrogens (primary N) is 1. The molecule has 0 aliphatic heterocycles. The summed E-state index contributed by atoms with van der Waals surface area (Å²) in [5.41, 5.74) is 6.54. The molecule has 1 heterocycles. The second-order valence-electron chi connectivity index (χ2n) is 5.41. The van der Waals surface area contributed by atoms with Gasteiger partial charge in [-0.05, 0) is 31.7 Å². The summed E-state index contributed by atoms with van der Waals surface area (Å²) in [4.78, 5) is 12.5. The Balaban J connectivity index is 2.12. The Morgan fingerprint density at radius 1 is 1.53 bits per heavy atom. The van der Waals surface area contributed by atoms with Gasteiger partial charge in [0.05, 0.1) is 17.7 Å². The van der Waals surface area contributed by atoms with Gasteiger partial charge >= 0.3 is 0 Å². The molecule has 1 aliphatic carbocycles. The lowest BCUT2D eigenvalue weighted by Crippen LogP contribution is -2.46. The van der Waals surface area contributed by atoms with E-state index in [4.69, 9.17) is 10.2 Å². The SMILES string of the molecule is CCC(CC)(CN)C(=O)NC1CCCc2occc21. The topological polar surface area (TPSA) is 68.3 Å². The van der Waals surface area contributed by atoms with Gasteiger partial charge in [0, 0.05) is 18.5 Å². The van der Waals surface area contributed by atoms with E-state index in [0.717, 1.165) is 43.4 Å². The number of furan rings is 1. The van der Waals surface area contributed by atoms with Gasteiger partial charge in [-0.25, -0.2) is 0 Å². The molecule has 0 radical (unpaired) electrons. The van der Waals surface area contributed by atoms with Crippen LogP contribution in [0.2, 0.25) is 0 Å². The van der Waals surface area contributed by atoms with Crippen molar-refractivity contribution >= 4 is 5.91 Å². The quantitative estimate of drug-likeness (QED) is 0.858. The molecule has 1 atom stereocenters. The maximum absolute atomic E-state index is 12.5. The lowest BCUT2D eigenvalue weighted by Gasteiger charge is -2.32. The van der Waals surface area contributed by atoms with Crippen molar-refractivity contribution < 1.29 is 9.21 Å². The standard InChI is InChI=1S/C15H24N2O2/c1-3-15(4-2,10-16)14(18)17-12-6-5-7-13-11(12)8-9-19-13/h8-9,12H,3-7,10,16H2,1-2H3,(H,17,18). The zero-order valence-electron chi connectivity index (χ0n) is 11.9. The molecule has 106 valence electrons. The predicted octanol–water partition coefficient (Wildman–Crippen LogP) is 2.54. The summed E-state index contributed by atoms with van der Waals surface area (Å²) in [6, 6.07) is 2.06. The lowest BCUT2D eigenvalue weighted by molar-refractivity contribution is -0.132. The molecule has 2 rings (SSSR count). The zero-order chi connectivity index (χ0) is 13.9. The summed E-state index contributed by atoms with van der Waals surface area (Å²) in [5.74, 6) is 1.10. The van der Waals surface area contributed by atoms with Crippen LogP contribution in [0, 0.1) is 5.41 Å². The molecule has 0 saturated carbocycles. The van der Waals surface area contributed by atoms with Gasteiger partial charge in [-0.15, -0.1) is 0 Å². The highest BCUT2D eigenvalue weighted by molar-refractivity contribution is 5.83. The molecule has 0 fully saturated rings. The molecule has 1 aromatic heterocycles. The van der Waals surface area contributed by atoms with E-state index in [1.807, 2.05) is 19.9 Å². The van der Waals surface area contributed by atoms with Crippen molar-refractivity contribution in [2.45, 2.75) is 52.0 Å². The van der Waals surface area contributed by atoms with Crippen molar-refractivity contribution in [1.29, 1.82) is 0 Å². The van der Waals surface area contributed by atoms with Gasteiger partial charge < -0.3 is 15.5 Å². The molecule has 1 aliphatic rings. The molecule has 0 bridgehead atoms. The number of aryl methyl sites for hydroxylation is 1. The fourth-order valence-corrected chi connectivity index (χ4v) is 2.90. The van der Waals surface area contributed by atoms with Gasteiger partial charge in [0.25, 0.3) is 0 Å². The minimum absolute atomic E-state index is 0.0824. The monoisotopic (exact) mass is 264 g/mol. The Morgan fingerprint density at radius 2 is 2.26 bits per heavy atom. The number of nitrogens with one attached hydrogen (secondary N) is 1. The van der Waals surface area contributed by atoms with Crippen LogP contribution in [-0.2, 0) is 11.2 Å². The molecular weight excluding hydrogens is 240 g/mol. The van der Waals surface area contributed by atoms with Crippen molar-refractivity contribution in [3.05, 3.63) is 23.7 Å². The number of hydrogen-bond donors (Lipinski definition) is 2. The van der Waals surface area contributed by atoms with Crippen LogP contribution < -0.4 is 11.1 Å². The maximum atomic E-state index is 12.5. The molecule has 0 spiro atoms. The number of carbonyl (C=O) groups excluding carboxylic acids is 1. The van der Waals surface area contributed by atoms with Gasteiger partial charge in [-0.1, -0.05) is 13.8 Å². The van der Waals surface area contributed by atoms with E-state index in [1.165, 1.54) is 0 Å². The lowest BCUT2D eigenvalue weighted by atomic mass is 9.80. The van der Waals surface area contributed by atoms with Crippen molar-refractivity contribution in [3.8, 4) is 0 Å². The number of amides is 1. The van der Waals surface area contributed by atoms with E-state index in [9.17, 15) is 4.79 Å². The number of carbonyl (C=O) groups is 1. The molecule has 0 aromatic carbocycles. The third-order valence-electron chi connectivity index (χ3n) is 4.58. The minimum atomic E-state index is -0.429. The van der Waals surface area contributed by atoms with Gasteiger partial charge in [-0.3, -0.25) is 4.79 Å². The Labute approximate surface area is 114 Å². The van der Waals surface area contributed by atoms with Crippen molar-refractivity contribution in [2.24, 2.45) is 11.1 Å². The summed E-state index contributed by atoms with van der Waals surface area (Å²) < 4.78 is 5.46. The van der Waals surface area contributed by atoms with Crippen molar-refractivity contribution in [1.82, 2.24) is 5.32 Å². The molecular formula is C15H24N2O2. The molecule has 19 heavy (non-hydrogen) atoms. The summed E-state index contributed by atoms with van der Waals surface area (Å²) in [5, 5.41) is 3.18. The first kappa shape index (κ1) is 14.1. The third-order valence-corrected chi connectivity index (χ3v) is 4.58. The van der Waals surface area contributed by atoms with Crippen LogP contribution in [0.15, 0.2) is 16.7 Å². The highest BCUT2D eigenvalue weighted by Crippen LogP contribution is 2.32. The van der Waals surface area contributed by atoms with Crippen molar-refractivity contribution in [3.63, 3.8) is 0 Å². The molecule has 3 N–H and O–H groups in total. The first-order valence-electron chi connectivity index (χ1n) is 7.24. The van der Waals surface area contributed by atoms with E-state index in [-0.39, 0.29) is 11.9 Å². The van der Waals surface area contributed by atoms with E-state index < -0.39 is 5.41 Å². The van der Waals surface area contributed by atoms with E-state index in [2.05, 4.69) is 5.32 Å². The minimum Gasteiger partial charge on any atom is -0.469 e. The van der Waals surface area contributed by atoms with Gasteiger partial charge in [0.2, 0.25) is 5.91 Å². The molecule has 1 aromatic rings. The largest absolute Gasteiger partial charge is 0.469 e. The third kappa shape index (κ3) is 2.54. The predicted molar refractivity (Wildman–Crippen MR) is 74.6 cm³/mol. The average molecular weight is 264 g/mol. The first-order valence-corrected chi connectivity index (χ1v) is 7.24. The van der Waals surface area contributed by atoms with Crippen LogP contribution >= 0.6 is 0 Å². The molecule has 4 nitrogen and oxygen atoms in total. The molecule has 4 heteroatoms. The zero-order valence-corrected chi connectivity index (χ0v) is 11.9. The number of rotatable bonds is 5. The fraction of sp³-hybridized carbons (Fsp3) is 0.667. The van der Waals surface area contributed by atoms with Crippen LogP contribution in [0.1, 0.15) is 56.9 Å². The maximum Gasteiger partial charge on any atom is 0.227 e. The van der Waals surface area contributed by atoms with Crippen molar-refractivity contribution in [2.75, 3.05) is 6.54 Å². The highest BCUT2D eigenvalue weighted by atomic mass is 16.3. The first-order chi connectivity index (χ1) is 9.16. The normalized spacial score (nSPS) is 19.0. The van der Waals surface area contributed by atoms with Crippen LogP contribution in [0.25, 0.3) is 0 Å². The number of hydrogen-bond acceptors (Lipinski definition) is 3. The van der Waals surface area contributed by atoms with Gasteiger partial charge in [-0.2, -0.15) is 0 Å². The van der Waals surface area contributed by atoms with E-state index in [0.29, 0.717) is 6.54 Å². The highest BCUT2D eigenvalue weighted by Gasteiger charge is 2.35. The van der Waals surface area contributed by atoms with Gasteiger partial charge in [0.15, 0.2) is 0 Å². The second kappa shape index (κ2) is 5.78. The van der Waals surface area contributed by atoms with E-state index in [1.54, 1.807) is 6.26 Å². The Hall–Kier alpha value is -1.29. The van der Waals surface area contributed by atoms with Crippen LogP contribution in [0.5, 0.6) is 0 Å². The molecule has 1 unspecified atom stereocenters. The summed E-state index contributed by atoms with van der Waals surface area (Å²) in [6.45, 7) is 4.46. The summed E-state index contributed by atoms with van der Waals surface area (Å²) in [6.07, 6.45) is 6.27. The fourth-order valence-electron chi connectivity index (χ4n) is 2.90. The molecule has 0 saturated heterocycles. The van der Waals surface area contributed by atoms with E-state index >= 15 is 0 Å². The van der Waals surface area contributed by atoms with Crippen LogP contribution in [0.3, 0.4) is 0 Å². The second-order valence-corrected chi connectivity index (χ2v) is 5.41. The Morgan fingerprint density at radius 3 is 2.89 bits per heavy atom. The Kier molecular flexibility index (Phi) is 4.30. The summed E-state index contributed by atoms with van der Waals surface area (Å²) in [7, 11) is 0. The van der Waals surface area contributed by atoms with Crippen LogP contribution in [0.4, 0.5) is 0 Å². The number of fused-ring (bicyclic) bond motifs is 1. The summed E-state index contributed by atoms with van der Waals surface area (Å²) >= 11 is 0. The van der Waals surface area contributed by atoms with Gasteiger partial charge in [0.1, 0.15) is 5.76 Å². The van der Waals surface area contributed by atoms with Crippen LogP contribution in [-0.4, -0.2) is 12.5 Å².